The summed E-state index contributed by atoms with van der Waals surface area (Å²) in [6, 6.07) is 6.13. The average Bonchev–Trinajstić information content (AvgIpc) is 3.45. The molecule has 0 bridgehead atoms. The van der Waals surface area contributed by atoms with Gasteiger partial charge in [0.25, 0.3) is 0 Å². The Morgan fingerprint density at radius 1 is 1.23 bits per heavy atom. The van der Waals surface area contributed by atoms with Gasteiger partial charge in [-0.15, -0.1) is 11.3 Å². The van der Waals surface area contributed by atoms with Crippen molar-refractivity contribution in [2.24, 2.45) is 4.99 Å². The molecule has 0 spiro atoms. The van der Waals surface area contributed by atoms with Gasteiger partial charge in [0.1, 0.15) is 13.2 Å². The zero-order valence-corrected chi connectivity index (χ0v) is 18.7. The summed E-state index contributed by atoms with van der Waals surface area (Å²) in [5, 5.41) is 6.73. The topological polar surface area (TPSA) is 62.2 Å². The molecule has 0 unspecified atom stereocenters. The standard InChI is InChI=1S/C22H31N5O2S/c1-3-23-21(24-9-8-18-16-30-22(25-18)27-10-4-5-11-27)26(2)15-17-6-7-19-20(14-17)29-13-12-28-19/h6-7,14,16H,3-5,8-13,15H2,1-2H3,(H,23,24). The molecule has 0 radical (unpaired) electrons. The Morgan fingerprint density at radius 2 is 2.03 bits per heavy atom. The van der Waals surface area contributed by atoms with E-state index >= 15 is 0 Å². The second kappa shape index (κ2) is 10.0. The molecule has 0 aliphatic carbocycles. The summed E-state index contributed by atoms with van der Waals surface area (Å²) in [6.45, 7) is 7.89. The summed E-state index contributed by atoms with van der Waals surface area (Å²) >= 11 is 1.75. The van der Waals surface area contributed by atoms with E-state index in [9.17, 15) is 0 Å². The molecule has 1 fully saturated rings. The molecule has 2 aliphatic heterocycles. The number of ether oxygens (including phenoxy) is 2. The first kappa shape index (κ1) is 20.8. The number of hydrogen-bond acceptors (Lipinski definition) is 6. The lowest BCUT2D eigenvalue weighted by Gasteiger charge is -2.23. The van der Waals surface area contributed by atoms with Crippen LogP contribution in [0.5, 0.6) is 11.5 Å². The molecule has 1 aromatic carbocycles. The van der Waals surface area contributed by atoms with Gasteiger partial charge < -0.3 is 24.6 Å². The number of thiazole rings is 1. The van der Waals surface area contributed by atoms with E-state index in [1.54, 1.807) is 11.3 Å². The molecule has 0 saturated carbocycles. The Bertz CT molecular complexity index is 863. The Hall–Kier alpha value is -2.48. The molecular weight excluding hydrogens is 398 g/mol. The number of benzene rings is 1. The van der Waals surface area contributed by atoms with Crippen molar-refractivity contribution >= 4 is 22.4 Å². The van der Waals surface area contributed by atoms with Gasteiger partial charge >= 0.3 is 0 Å². The molecule has 1 saturated heterocycles. The highest BCUT2D eigenvalue weighted by Gasteiger charge is 2.16. The van der Waals surface area contributed by atoms with Gasteiger partial charge in [-0.05, 0) is 37.5 Å². The molecule has 8 heteroatoms. The van der Waals surface area contributed by atoms with Gasteiger partial charge in [0.15, 0.2) is 22.6 Å². The minimum atomic E-state index is 0.604. The first-order valence-corrected chi connectivity index (χ1v) is 11.7. The second-order valence-corrected chi connectivity index (χ2v) is 8.47. The summed E-state index contributed by atoms with van der Waals surface area (Å²) in [7, 11) is 2.06. The predicted octanol–water partition coefficient (Wildman–Crippen LogP) is 3.15. The fraction of sp³-hybridized carbons (Fsp3) is 0.545. The first-order chi connectivity index (χ1) is 14.7. The Labute approximate surface area is 182 Å². The number of nitrogens with zero attached hydrogens (tertiary/aromatic N) is 4. The van der Waals surface area contributed by atoms with Crippen LogP contribution in [0.25, 0.3) is 0 Å². The fourth-order valence-electron chi connectivity index (χ4n) is 3.75. The van der Waals surface area contributed by atoms with E-state index in [0.29, 0.717) is 13.2 Å². The highest BCUT2D eigenvalue weighted by molar-refractivity contribution is 7.13. The van der Waals surface area contributed by atoms with Crippen molar-refractivity contribution in [3.63, 3.8) is 0 Å². The van der Waals surface area contributed by atoms with Crippen molar-refractivity contribution in [2.75, 3.05) is 51.3 Å². The molecule has 4 rings (SSSR count). The van der Waals surface area contributed by atoms with E-state index in [1.165, 1.54) is 18.4 Å². The van der Waals surface area contributed by atoms with Crippen LogP contribution in [0.4, 0.5) is 5.13 Å². The van der Waals surface area contributed by atoms with Crippen LogP contribution in [0.15, 0.2) is 28.6 Å². The Kier molecular flexibility index (Phi) is 6.94. The molecule has 7 nitrogen and oxygen atoms in total. The minimum absolute atomic E-state index is 0.604. The van der Waals surface area contributed by atoms with Gasteiger partial charge in [-0.2, -0.15) is 0 Å². The van der Waals surface area contributed by atoms with Crippen LogP contribution in [0.2, 0.25) is 0 Å². The van der Waals surface area contributed by atoms with E-state index in [4.69, 9.17) is 19.5 Å². The average molecular weight is 430 g/mol. The predicted molar refractivity (Wildman–Crippen MR) is 122 cm³/mol. The van der Waals surface area contributed by atoms with Crippen LogP contribution < -0.4 is 19.7 Å². The third-order valence-corrected chi connectivity index (χ3v) is 6.22. The molecule has 2 aromatic rings. The van der Waals surface area contributed by atoms with Gasteiger partial charge in [-0.25, -0.2) is 4.98 Å². The van der Waals surface area contributed by atoms with Crippen molar-refractivity contribution < 1.29 is 9.47 Å². The smallest absolute Gasteiger partial charge is 0.193 e. The van der Waals surface area contributed by atoms with Crippen LogP contribution in [0.3, 0.4) is 0 Å². The van der Waals surface area contributed by atoms with Crippen LogP contribution in [0, 0.1) is 0 Å². The molecule has 1 N–H and O–H groups in total. The Morgan fingerprint density at radius 3 is 2.83 bits per heavy atom. The number of aliphatic imine (C=N–C) groups is 1. The van der Waals surface area contributed by atoms with Gasteiger partial charge in [0.05, 0.1) is 5.69 Å². The van der Waals surface area contributed by atoms with E-state index in [-0.39, 0.29) is 0 Å². The zero-order valence-electron chi connectivity index (χ0n) is 17.9. The summed E-state index contributed by atoms with van der Waals surface area (Å²) in [4.78, 5) is 14.2. The number of fused-ring (bicyclic) bond motifs is 1. The quantitative estimate of drug-likeness (QED) is 0.539. The van der Waals surface area contributed by atoms with Crippen LogP contribution >= 0.6 is 11.3 Å². The molecule has 1 aromatic heterocycles. The van der Waals surface area contributed by atoms with Crippen LogP contribution in [-0.2, 0) is 13.0 Å². The van der Waals surface area contributed by atoms with Crippen LogP contribution in [0.1, 0.15) is 31.0 Å². The second-order valence-electron chi connectivity index (χ2n) is 7.64. The minimum Gasteiger partial charge on any atom is -0.486 e. The summed E-state index contributed by atoms with van der Waals surface area (Å²) in [6.07, 6.45) is 3.42. The van der Waals surface area contributed by atoms with Crippen molar-refractivity contribution in [1.29, 1.82) is 0 Å². The molecule has 3 heterocycles. The molecule has 0 amide bonds. The summed E-state index contributed by atoms with van der Waals surface area (Å²) in [5.41, 5.74) is 2.30. The number of rotatable bonds is 7. The largest absolute Gasteiger partial charge is 0.486 e. The molecule has 162 valence electrons. The van der Waals surface area contributed by atoms with E-state index < -0.39 is 0 Å². The number of anilines is 1. The Balaban J connectivity index is 1.34. The lowest BCUT2D eigenvalue weighted by atomic mass is 10.2. The molecule has 2 aliphatic rings. The lowest BCUT2D eigenvalue weighted by Crippen LogP contribution is -2.38. The fourth-order valence-corrected chi connectivity index (χ4v) is 4.66. The maximum Gasteiger partial charge on any atom is 0.193 e. The zero-order chi connectivity index (χ0) is 20.8. The van der Waals surface area contributed by atoms with Crippen molar-refractivity contribution in [3.05, 3.63) is 34.8 Å². The van der Waals surface area contributed by atoms with Crippen molar-refractivity contribution in [3.8, 4) is 11.5 Å². The number of hydrogen-bond donors (Lipinski definition) is 1. The monoisotopic (exact) mass is 429 g/mol. The SMILES string of the molecule is CCNC(=NCCc1csc(N2CCCC2)n1)N(C)Cc1ccc2c(c1)OCCO2. The van der Waals surface area contributed by atoms with Crippen LogP contribution in [-0.4, -0.2) is 62.3 Å². The summed E-state index contributed by atoms with van der Waals surface area (Å²) in [5.74, 6) is 2.55. The van der Waals surface area contributed by atoms with E-state index in [2.05, 4.69) is 46.6 Å². The first-order valence-electron chi connectivity index (χ1n) is 10.8. The van der Waals surface area contributed by atoms with Gasteiger partial charge in [-0.1, -0.05) is 6.07 Å². The van der Waals surface area contributed by atoms with E-state index in [1.807, 2.05) is 6.07 Å². The number of guanidine groups is 1. The molecule has 0 atom stereocenters. The molecular formula is C22H31N5O2S. The van der Waals surface area contributed by atoms with Crippen molar-refractivity contribution in [2.45, 2.75) is 32.7 Å². The highest BCUT2D eigenvalue weighted by atomic mass is 32.1. The van der Waals surface area contributed by atoms with E-state index in [0.717, 1.165) is 67.4 Å². The third-order valence-electron chi connectivity index (χ3n) is 5.27. The normalized spacial score (nSPS) is 16.1. The maximum atomic E-state index is 5.71. The lowest BCUT2D eigenvalue weighted by molar-refractivity contribution is 0.171. The van der Waals surface area contributed by atoms with Gasteiger partial charge in [0, 0.05) is 51.6 Å². The van der Waals surface area contributed by atoms with Crippen molar-refractivity contribution in [1.82, 2.24) is 15.2 Å². The number of nitrogens with one attached hydrogen (secondary N) is 1. The third kappa shape index (κ3) is 5.16. The number of aromatic nitrogens is 1. The molecule has 30 heavy (non-hydrogen) atoms. The summed E-state index contributed by atoms with van der Waals surface area (Å²) < 4.78 is 11.3. The maximum absolute atomic E-state index is 5.71. The van der Waals surface area contributed by atoms with Gasteiger partial charge in [-0.3, -0.25) is 4.99 Å². The highest BCUT2D eigenvalue weighted by Crippen LogP contribution is 2.31. The van der Waals surface area contributed by atoms with Gasteiger partial charge in [0.2, 0.25) is 0 Å².